The van der Waals surface area contributed by atoms with E-state index >= 15 is 0 Å². The van der Waals surface area contributed by atoms with Gasteiger partial charge in [-0.05, 0) is 12.3 Å². The Morgan fingerprint density at radius 2 is 2.00 bits per heavy atom. The molecule has 2 atom stereocenters. The second-order valence-electron chi connectivity index (χ2n) is 5.93. The number of aromatic amines is 1. The monoisotopic (exact) mass is 353 g/mol. The number of aliphatic carboxylic acids is 1. The summed E-state index contributed by atoms with van der Waals surface area (Å²) in [5.74, 6) is -2.26. The van der Waals surface area contributed by atoms with Crippen LogP contribution in [0, 0.1) is 5.92 Å². The fourth-order valence-electron chi connectivity index (χ4n) is 2.17. The molecule has 0 spiro atoms. The number of rotatable bonds is 11. The van der Waals surface area contributed by atoms with Crippen molar-refractivity contribution in [3.8, 4) is 0 Å². The SMILES string of the molecule is CC(C)CC(NC(=O)C(Cc1cnc[nH]1)NC(=O)CNC=O)C(=O)O. The minimum atomic E-state index is -1.14. The lowest BCUT2D eigenvalue weighted by Crippen LogP contribution is -2.53. The number of carbonyl (C=O) groups is 4. The molecule has 1 aromatic heterocycles. The van der Waals surface area contributed by atoms with Gasteiger partial charge in [0.15, 0.2) is 0 Å². The Hall–Kier alpha value is -2.91. The number of nitrogens with zero attached hydrogens (tertiary/aromatic N) is 1. The van der Waals surface area contributed by atoms with E-state index in [0.29, 0.717) is 12.1 Å². The van der Waals surface area contributed by atoms with E-state index in [1.807, 2.05) is 13.8 Å². The Labute approximate surface area is 144 Å². The van der Waals surface area contributed by atoms with Gasteiger partial charge in [-0.3, -0.25) is 14.4 Å². The number of carboxylic acid groups (broad SMARTS) is 1. The zero-order valence-electron chi connectivity index (χ0n) is 14.1. The molecule has 1 aromatic rings. The van der Waals surface area contributed by atoms with E-state index in [1.165, 1.54) is 12.5 Å². The lowest BCUT2D eigenvalue weighted by molar-refractivity contribution is -0.142. The maximum absolute atomic E-state index is 12.5. The first kappa shape index (κ1) is 20.1. The highest BCUT2D eigenvalue weighted by atomic mass is 16.4. The van der Waals surface area contributed by atoms with E-state index in [9.17, 15) is 24.3 Å². The average molecular weight is 353 g/mol. The van der Waals surface area contributed by atoms with Crippen LogP contribution in [0.5, 0.6) is 0 Å². The molecular formula is C15H23N5O5. The lowest BCUT2D eigenvalue weighted by atomic mass is 10.0. The first-order valence-electron chi connectivity index (χ1n) is 7.80. The zero-order chi connectivity index (χ0) is 18.8. The maximum atomic E-state index is 12.5. The number of hydrogen-bond donors (Lipinski definition) is 5. The van der Waals surface area contributed by atoms with E-state index in [0.717, 1.165) is 0 Å². The second-order valence-corrected chi connectivity index (χ2v) is 5.93. The highest BCUT2D eigenvalue weighted by Crippen LogP contribution is 2.06. The molecule has 10 nitrogen and oxygen atoms in total. The maximum Gasteiger partial charge on any atom is 0.326 e. The number of carbonyl (C=O) groups excluding carboxylic acids is 3. The fraction of sp³-hybridized carbons (Fsp3) is 0.533. The topological polar surface area (TPSA) is 153 Å². The number of hydrogen-bond acceptors (Lipinski definition) is 5. The van der Waals surface area contributed by atoms with Gasteiger partial charge >= 0.3 is 5.97 Å². The van der Waals surface area contributed by atoms with E-state index < -0.39 is 29.9 Å². The van der Waals surface area contributed by atoms with Crippen molar-refractivity contribution < 1.29 is 24.3 Å². The molecule has 0 aliphatic rings. The summed E-state index contributed by atoms with van der Waals surface area (Å²) < 4.78 is 0. The highest BCUT2D eigenvalue weighted by Gasteiger charge is 2.27. The van der Waals surface area contributed by atoms with Crippen LogP contribution in [0.3, 0.4) is 0 Å². The lowest BCUT2D eigenvalue weighted by Gasteiger charge is -2.22. The predicted molar refractivity (Wildman–Crippen MR) is 87.3 cm³/mol. The van der Waals surface area contributed by atoms with E-state index in [-0.39, 0.29) is 25.3 Å². The molecule has 0 radical (unpaired) electrons. The minimum absolute atomic E-state index is 0.0684. The summed E-state index contributed by atoms with van der Waals surface area (Å²) in [5, 5.41) is 16.4. The van der Waals surface area contributed by atoms with Crippen molar-refractivity contribution >= 4 is 24.2 Å². The second kappa shape index (κ2) is 10.1. The third-order valence-corrected chi connectivity index (χ3v) is 3.30. The first-order chi connectivity index (χ1) is 11.8. The van der Waals surface area contributed by atoms with Gasteiger partial charge in [0.05, 0.1) is 12.9 Å². The molecule has 10 heteroatoms. The standard InChI is InChI=1S/C15H23N5O5/c1-9(2)3-12(15(24)25)20-14(23)11(4-10-5-16-7-18-10)19-13(22)6-17-8-21/h5,7-9,11-12H,3-4,6H2,1-2H3,(H,16,18)(H,17,21)(H,19,22)(H,20,23)(H,24,25). The van der Waals surface area contributed by atoms with Gasteiger partial charge in [0.1, 0.15) is 12.1 Å². The molecule has 0 bridgehead atoms. The summed E-state index contributed by atoms with van der Waals surface area (Å²) in [4.78, 5) is 52.5. The van der Waals surface area contributed by atoms with Crippen molar-refractivity contribution in [2.45, 2.75) is 38.8 Å². The van der Waals surface area contributed by atoms with Gasteiger partial charge < -0.3 is 26.0 Å². The molecule has 0 aliphatic carbocycles. The van der Waals surface area contributed by atoms with Crippen molar-refractivity contribution in [3.63, 3.8) is 0 Å². The quantitative estimate of drug-likeness (QED) is 0.315. The largest absolute Gasteiger partial charge is 0.480 e. The van der Waals surface area contributed by atoms with Gasteiger partial charge in [-0.25, -0.2) is 9.78 Å². The summed E-state index contributed by atoms with van der Waals surface area (Å²) >= 11 is 0. The van der Waals surface area contributed by atoms with Crippen LogP contribution < -0.4 is 16.0 Å². The molecule has 1 heterocycles. The molecule has 0 aliphatic heterocycles. The number of H-pyrrole nitrogens is 1. The van der Waals surface area contributed by atoms with Crippen LogP contribution in [-0.4, -0.2) is 57.9 Å². The number of imidazole rings is 1. The van der Waals surface area contributed by atoms with E-state index in [2.05, 4.69) is 25.9 Å². The van der Waals surface area contributed by atoms with Crippen molar-refractivity contribution in [1.82, 2.24) is 25.9 Å². The smallest absolute Gasteiger partial charge is 0.326 e. The summed E-state index contributed by atoms with van der Waals surface area (Å²) in [6.45, 7) is 3.40. The van der Waals surface area contributed by atoms with Crippen molar-refractivity contribution in [3.05, 3.63) is 18.2 Å². The first-order valence-corrected chi connectivity index (χ1v) is 7.80. The van der Waals surface area contributed by atoms with Gasteiger partial charge in [-0.2, -0.15) is 0 Å². The summed E-state index contributed by atoms with van der Waals surface area (Å²) in [7, 11) is 0. The molecule has 1 rings (SSSR count). The van der Waals surface area contributed by atoms with Crippen molar-refractivity contribution in [2.75, 3.05) is 6.54 Å². The van der Waals surface area contributed by atoms with Crippen LogP contribution >= 0.6 is 0 Å². The van der Waals surface area contributed by atoms with Crippen LogP contribution in [0.4, 0.5) is 0 Å². The number of aromatic nitrogens is 2. The van der Waals surface area contributed by atoms with Crippen LogP contribution in [0.15, 0.2) is 12.5 Å². The van der Waals surface area contributed by atoms with Gasteiger partial charge in [-0.1, -0.05) is 13.8 Å². The molecule has 0 saturated carbocycles. The predicted octanol–water partition coefficient (Wildman–Crippen LogP) is -1.20. The van der Waals surface area contributed by atoms with Crippen molar-refractivity contribution in [2.24, 2.45) is 5.92 Å². The van der Waals surface area contributed by atoms with Gasteiger partial charge in [0.2, 0.25) is 18.2 Å². The summed E-state index contributed by atoms with van der Waals surface area (Å²) in [6.07, 6.45) is 3.66. The van der Waals surface area contributed by atoms with Gasteiger partial charge in [0, 0.05) is 18.3 Å². The minimum Gasteiger partial charge on any atom is -0.480 e. The van der Waals surface area contributed by atoms with Crippen molar-refractivity contribution in [1.29, 1.82) is 0 Å². The molecule has 3 amide bonds. The Morgan fingerprint density at radius 1 is 1.28 bits per heavy atom. The number of carboxylic acids is 1. The zero-order valence-corrected chi connectivity index (χ0v) is 14.1. The normalized spacial score (nSPS) is 12.9. The van der Waals surface area contributed by atoms with Crippen LogP contribution in [0.2, 0.25) is 0 Å². The Kier molecular flexibility index (Phi) is 8.10. The molecular weight excluding hydrogens is 330 g/mol. The van der Waals surface area contributed by atoms with Gasteiger partial charge in [-0.15, -0.1) is 0 Å². The molecule has 0 fully saturated rings. The third-order valence-electron chi connectivity index (χ3n) is 3.30. The van der Waals surface area contributed by atoms with Crippen LogP contribution in [0.25, 0.3) is 0 Å². The molecule has 5 N–H and O–H groups in total. The summed E-state index contributed by atoms with van der Waals surface area (Å²) in [5.41, 5.74) is 0.597. The Bertz CT molecular complexity index is 587. The summed E-state index contributed by atoms with van der Waals surface area (Å²) in [6, 6.07) is -2.06. The molecule has 2 unspecified atom stereocenters. The van der Waals surface area contributed by atoms with Gasteiger partial charge in [0.25, 0.3) is 0 Å². The molecule has 0 aromatic carbocycles. The Balaban J connectivity index is 2.80. The fourth-order valence-corrected chi connectivity index (χ4v) is 2.17. The molecule has 138 valence electrons. The highest BCUT2D eigenvalue weighted by molar-refractivity contribution is 5.91. The van der Waals surface area contributed by atoms with Crippen LogP contribution in [-0.2, 0) is 25.6 Å². The molecule has 0 saturated heterocycles. The number of nitrogens with one attached hydrogen (secondary N) is 4. The van der Waals surface area contributed by atoms with Crippen LogP contribution in [0.1, 0.15) is 26.0 Å². The van der Waals surface area contributed by atoms with E-state index in [1.54, 1.807) is 0 Å². The van der Waals surface area contributed by atoms with E-state index in [4.69, 9.17) is 0 Å². The average Bonchev–Trinajstić information content (AvgIpc) is 3.04. The molecule has 25 heavy (non-hydrogen) atoms. The Morgan fingerprint density at radius 3 is 2.52 bits per heavy atom. The third kappa shape index (κ3) is 7.46. The number of amides is 3.